The Bertz CT molecular complexity index is 652. The molecule has 2 aliphatic rings. The smallest absolute Gasteiger partial charge is 0.303 e. The first-order valence-electron chi connectivity index (χ1n) is 11.5. The van der Waals surface area contributed by atoms with Gasteiger partial charge in [-0.15, -0.1) is 0 Å². The summed E-state index contributed by atoms with van der Waals surface area (Å²) in [5.41, 5.74) is 1.40. The standard InChI is InChI=1S/C24H37NO4/c1-2-3-4-5-6-7-17-28-20-10-11-22-21(18-20)24(19-29-22)12-15-25(16-13-24)14-8-9-23(26)27/h10-11,18H,2-9,12-17,19H2,1H3,(H,26,27). The summed E-state index contributed by atoms with van der Waals surface area (Å²) in [6, 6.07) is 6.31. The fourth-order valence-electron chi connectivity index (χ4n) is 4.58. The Kier molecular flexibility index (Phi) is 8.22. The maximum absolute atomic E-state index is 10.7. The molecule has 0 aliphatic carbocycles. The maximum atomic E-state index is 10.7. The molecular formula is C24H37NO4. The summed E-state index contributed by atoms with van der Waals surface area (Å²) in [4.78, 5) is 13.1. The number of piperidine rings is 1. The zero-order chi connectivity index (χ0) is 20.5. The fourth-order valence-corrected chi connectivity index (χ4v) is 4.58. The van der Waals surface area contributed by atoms with Crippen LogP contribution in [0.4, 0.5) is 0 Å². The van der Waals surface area contributed by atoms with E-state index >= 15 is 0 Å². The van der Waals surface area contributed by atoms with Crippen LogP contribution < -0.4 is 9.47 Å². The van der Waals surface area contributed by atoms with E-state index < -0.39 is 5.97 Å². The largest absolute Gasteiger partial charge is 0.494 e. The average Bonchev–Trinajstić information content (AvgIpc) is 3.06. The zero-order valence-electron chi connectivity index (χ0n) is 18.0. The van der Waals surface area contributed by atoms with Gasteiger partial charge >= 0.3 is 5.97 Å². The van der Waals surface area contributed by atoms with Gasteiger partial charge in [-0.2, -0.15) is 0 Å². The van der Waals surface area contributed by atoms with Crippen molar-refractivity contribution < 1.29 is 19.4 Å². The highest BCUT2D eigenvalue weighted by Gasteiger charge is 2.43. The first-order valence-corrected chi connectivity index (χ1v) is 11.5. The van der Waals surface area contributed by atoms with Gasteiger partial charge in [-0.3, -0.25) is 4.79 Å². The lowest BCUT2D eigenvalue weighted by molar-refractivity contribution is -0.137. The molecule has 1 fully saturated rings. The zero-order valence-corrected chi connectivity index (χ0v) is 18.0. The van der Waals surface area contributed by atoms with Crippen LogP contribution in [-0.4, -0.2) is 48.8 Å². The van der Waals surface area contributed by atoms with Crippen LogP contribution in [0.5, 0.6) is 11.5 Å². The molecule has 2 heterocycles. The third kappa shape index (κ3) is 6.11. The van der Waals surface area contributed by atoms with Crippen molar-refractivity contribution in [3.05, 3.63) is 23.8 Å². The number of hydrogen-bond donors (Lipinski definition) is 1. The molecule has 0 bridgehead atoms. The molecule has 162 valence electrons. The molecule has 0 unspecified atom stereocenters. The van der Waals surface area contributed by atoms with E-state index in [2.05, 4.69) is 24.0 Å². The molecule has 3 rings (SSSR count). The molecule has 0 amide bonds. The average molecular weight is 404 g/mol. The third-order valence-electron chi connectivity index (χ3n) is 6.47. The Balaban J connectivity index is 1.47. The Labute approximate surface area is 175 Å². The fraction of sp³-hybridized carbons (Fsp3) is 0.708. The second-order valence-electron chi connectivity index (χ2n) is 8.68. The van der Waals surface area contributed by atoms with E-state index in [1.807, 2.05) is 6.07 Å². The minimum absolute atomic E-state index is 0.0954. The SMILES string of the molecule is CCCCCCCCOc1ccc2c(c1)C1(CCN(CCCC(=O)O)CC1)CO2. The normalized spacial score (nSPS) is 17.8. The summed E-state index contributed by atoms with van der Waals surface area (Å²) in [7, 11) is 0. The lowest BCUT2D eigenvalue weighted by Gasteiger charge is -2.38. The molecule has 1 saturated heterocycles. The molecule has 2 aliphatic heterocycles. The summed E-state index contributed by atoms with van der Waals surface area (Å²) in [6.45, 7) is 6.67. The number of fused-ring (bicyclic) bond motifs is 2. The second-order valence-corrected chi connectivity index (χ2v) is 8.68. The summed E-state index contributed by atoms with van der Waals surface area (Å²) in [6.07, 6.45) is 10.7. The van der Waals surface area contributed by atoms with E-state index in [-0.39, 0.29) is 11.8 Å². The lowest BCUT2D eigenvalue weighted by atomic mass is 9.74. The maximum Gasteiger partial charge on any atom is 0.303 e. The van der Waals surface area contributed by atoms with Gasteiger partial charge in [0.15, 0.2) is 0 Å². The highest BCUT2D eigenvalue weighted by molar-refractivity contribution is 5.66. The first kappa shape index (κ1) is 21.9. The van der Waals surface area contributed by atoms with Crippen LogP contribution in [0.3, 0.4) is 0 Å². The second kappa shape index (κ2) is 10.9. The van der Waals surface area contributed by atoms with E-state index in [9.17, 15) is 4.79 Å². The molecule has 0 radical (unpaired) electrons. The van der Waals surface area contributed by atoms with E-state index in [1.54, 1.807) is 0 Å². The predicted molar refractivity (Wildman–Crippen MR) is 115 cm³/mol. The monoisotopic (exact) mass is 403 g/mol. The number of ether oxygens (including phenoxy) is 2. The van der Waals surface area contributed by atoms with Crippen molar-refractivity contribution in [2.24, 2.45) is 0 Å². The summed E-state index contributed by atoms with van der Waals surface area (Å²) >= 11 is 0. The Hall–Kier alpha value is -1.75. The number of carbonyl (C=O) groups is 1. The Morgan fingerprint density at radius 3 is 2.66 bits per heavy atom. The molecule has 29 heavy (non-hydrogen) atoms. The van der Waals surface area contributed by atoms with E-state index in [1.165, 1.54) is 37.7 Å². The number of benzene rings is 1. The van der Waals surface area contributed by atoms with Crippen LogP contribution in [0, 0.1) is 0 Å². The first-order chi connectivity index (χ1) is 14.1. The number of carboxylic acid groups (broad SMARTS) is 1. The van der Waals surface area contributed by atoms with E-state index in [0.717, 1.165) is 70.0 Å². The van der Waals surface area contributed by atoms with Crippen molar-refractivity contribution in [3.63, 3.8) is 0 Å². The molecule has 0 saturated carbocycles. The summed E-state index contributed by atoms with van der Waals surface area (Å²) < 4.78 is 12.1. The molecule has 1 aromatic rings. The van der Waals surface area contributed by atoms with Crippen LogP contribution in [0.2, 0.25) is 0 Å². The molecule has 1 spiro atoms. The molecular weight excluding hydrogens is 366 g/mol. The number of likely N-dealkylation sites (tertiary alicyclic amines) is 1. The van der Waals surface area contributed by atoms with Gasteiger partial charge in [-0.05, 0) is 63.5 Å². The van der Waals surface area contributed by atoms with E-state index in [4.69, 9.17) is 14.6 Å². The van der Waals surface area contributed by atoms with Crippen molar-refractivity contribution >= 4 is 5.97 Å². The van der Waals surface area contributed by atoms with Gasteiger partial charge in [-0.1, -0.05) is 39.0 Å². The third-order valence-corrected chi connectivity index (χ3v) is 6.47. The van der Waals surface area contributed by atoms with Crippen LogP contribution >= 0.6 is 0 Å². The van der Waals surface area contributed by atoms with Gasteiger partial charge in [-0.25, -0.2) is 0 Å². The van der Waals surface area contributed by atoms with Gasteiger partial charge in [0.05, 0.1) is 13.2 Å². The van der Waals surface area contributed by atoms with Crippen LogP contribution in [0.15, 0.2) is 18.2 Å². The number of aliphatic carboxylic acids is 1. The van der Waals surface area contributed by atoms with Crippen LogP contribution in [0.25, 0.3) is 0 Å². The minimum atomic E-state index is -0.704. The number of rotatable bonds is 12. The molecule has 0 aromatic heterocycles. The Morgan fingerprint density at radius 2 is 1.90 bits per heavy atom. The lowest BCUT2D eigenvalue weighted by Crippen LogP contribution is -2.43. The summed E-state index contributed by atoms with van der Waals surface area (Å²) in [5.74, 6) is 1.27. The van der Waals surface area contributed by atoms with Crippen LogP contribution in [0.1, 0.15) is 76.7 Å². The van der Waals surface area contributed by atoms with E-state index in [0.29, 0.717) is 0 Å². The van der Waals surface area contributed by atoms with Gasteiger partial charge in [0.2, 0.25) is 0 Å². The molecule has 5 nitrogen and oxygen atoms in total. The molecule has 1 aromatic carbocycles. The highest BCUT2D eigenvalue weighted by Crippen LogP contribution is 2.46. The molecule has 5 heteroatoms. The number of nitrogens with zero attached hydrogens (tertiary/aromatic N) is 1. The van der Waals surface area contributed by atoms with Crippen molar-refractivity contribution in [2.75, 3.05) is 32.8 Å². The molecule has 0 atom stereocenters. The van der Waals surface area contributed by atoms with Crippen molar-refractivity contribution in [1.29, 1.82) is 0 Å². The number of unbranched alkanes of at least 4 members (excludes halogenated alkanes) is 5. The number of carboxylic acids is 1. The van der Waals surface area contributed by atoms with Gasteiger partial charge in [0.1, 0.15) is 11.5 Å². The van der Waals surface area contributed by atoms with Gasteiger partial charge in [0.25, 0.3) is 0 Å². The van der Waals surface area contributed by atoms with Crippen molar-refractivity contribution in [3.8, 4) is 11.5 Å². The van der Waals surface area contributed by atoms with Crippen molar-refractivity contribution in [2.45, 2.75) is 76.5 Å². The topological polar surface area (TPSA) is 59.0 Å². The minimum Gasteiger partial charge on any atom is -0.494 e. The predicted octanol–water partition coefficient (Wildman–Crippen LogP) is 5.02. The van der Waals surface area contributed by atoms with Crippen molar-refractivity contribution in [1.82, 2.24) is 4.90 Å². The summed E-state index contributed by atoms with van der Waals surface area (Å²) in [5, 5.41) is 8.82. The number of hydrogen-bond acceptors (Lipinski definition) is 4. The molecule has 1 N–H and O–H groups in total. The highest BCUT2D eigenvalue weighted by atomic mass is 16.5. The van der Waals surface area contributed by atoms with Gasteiger partial charge in [0, 0.05) is 17.4 Å². The quantitative estimate of drug-likeness (QED) is 0.497. The van der Waals surface area contributed by atoms with Crippen LogP contribution in [-0.2, 0) is 10.2 Å². The van der Waals surface area contributed by atoms with Gasteiger partial charge < -0.3 is 19.5 Å². The Morgan fingerprint density at radius 1 is 1.14 bits per heavy atom.